The summed E-state index contributed by atoms with van der Waals surface area (Å²) in [6, 6.07) is 17.9. The molecule has 1 N–H and O–H groups in total. The third-order valence-electron chi connectivity index (χ3n) is 5.06. The first-order valence-electron chi connectivity index (χ1n) is 10.2. The van der Waals surface area contributed by atoms with Gasteiger partial charge in [0, 0.05) is 30.3 Å². The van der Waals surface area contributed by atoms with E-state index in [1.807, 2.05) is 54.6 Å². The maximum atomic E-state index is 12.6. The summed E-state index contributed by atoms with van der Waals surface area (Å²) in [6.45, 7) is 8.78. The van der Waals surface area contributed by atoms with Crippen molar-refractivity contribution in [3.63, 3.8) is 0 Å². The topological polar surface area (TPSA) is 59.4 Å². The van der Waals surface area contributed by atoms with Crippen LogP contribution in [0.5, 0.6) is 0 Å². The van der Waals surface area contributed by atoms with Crippen molar-refractivity contribution in [1.29, 1.82) is 5.26 Å². The predicted molar refractivity (Wildman–Crippen MR) is 123 cm³/mol. The van der Waals surface area contributed by atoms with Gasteiger partial charge >= 0.3 is 0 Å². The van der Waals surface area contributed by atoms with E-state index in [9.17, 15) is 4.79 Å². The predicted octanol–water partition coefficient (Wildman–Crippen LogP) is 3.98. The second-order valence-corrected chi connectivity index (χ2v) is 8.42. The highest BCUT2D eigenvalue weighted by Crippen LogP contribution is 2.26. The van der Waals surface area contributed by atoms with Crippen molar-refractivity contribution in [2.45, 2.75) is 17.9 Å². The van der Waals surface area contributed by atoms with Gasteiger partial charge in [0.25, 0.3) is 0 Å². The molecule has 6 heteroatoms. The SMILES string of the molecule is C=CCSc1ccccc1NC(=O)CN1CCCN(Cc2ccc(C#N)cc2)CC1. The molecule has 0 spiro atoms. The van der Waals surface area contributed by atoms with E-state index < -0.39 is 0 Å². The molecule has 3 rings (SSSR count). The largest absolute Gasteiger partial charge is 0.324 e. The number of hydrogen-bond donors (Lipinski definition) is 1. The van der Waals surface area contributed by atoms with Gasteiger partial charge in [0.1, 0.15) is 0 Å². The number of rotatable bonds is 8. The summed E-state index contributed by atoms with van der Waals surface area (Å²) in [6.07, 6.45) is 2.90. The van der Waals surface area contributed by atoms with E-state index in [0.717, 1.165) is 55.5 Å². The number of anilines is 1. The molecule has 1 heterocycles. The Labute approximate surface area is 183 Å². The lowest BCUT2D eigenvalue weighted by Gasteiger charge is -2.21. The maximum absolute atomic E-state index is 12.6. The summed E-state index contributed by atoms with van der Waals surface area (Å²) in [7, 11) is 0. The lowest BCUT2D eigenvalue weighted by atomic mass is 10.1. The van der Waals surface area contributed by atoms with Gasteiger partial charge in [-0.1, -0.05) is 30.3 Å². The Balaban J connectivity index is 1.49. The normalized spacial score (nSPS) is 15.2. The van der Waals surface area contributed by atoms with Crippen LogP contribution in [0.25, 0.3) is 0 Å². The van der Waals surface area contributed by atoms with Gasteiger partial charge < -0.3 is 5.32 Å². The highest BCUT2D eigenvalue weighted by atomic mass is 32.2. The van der Waals surface area contributed by atoms with Crippen LogP contribution in [0.1, 0.15) is 17.5 Å². The number of nitrogens with zero attached hydrogens (tertiary/aromatic N) is 3. The molecule has 0 radical (unpaired) electrons. The Hall–Kier alpha value is -2.59. The van der Waals surface area contributed by atoms with Gasteiger partial charge in [-0.3, -0.25) is 14.6 Å². The Morgan fingerprint density at radius 3 is 2.60 bits per heavy atom. The summed E-state index contributed by atoms with van der Waals surface area (Å²) in [5.41, 5.74) is 2.77. The molecule has 2 aromatic carbocycles. The molecule has 1 saturated heterocycles. The molecule has 1 aliphatic rings. The molecule has 5 nitrogen and oxygen atoms in total. The smallest absolute Gasteiger partial charge is 0.238 e. The van der Waals surface area contributed by atoms with Gasteiger partial charge in [-0.15, -0.1) is 18.3 Å². The fourth-order valence-corrected chi connectivity index (χ4v) is 4.27. The van der Waals surface area contributed by atoms with E-state index in [1.54, 1.807) is 11.8 Å². The van der Waals surface area contributed by atoms with E-state index in [1.165, 1.54) is 5.56 Å². The third-order valence-corrected chi connectivity index (χ3v) is 6.12. The van der Waals surface area contributed by atoms with Crippen molar-refractivity contribution in [3.8, 4) is 6.07 Å². The minimum absolute atomic E-state index is 0.0298. The summed E-state index contributed by atoms with van der Waals surface area (Å²) in [5, 5.41) is 12.0. The second kappa shape index (κ2) is 11.6. The lowest BCUT2D eigenvalue weighted by Crippen LogP contribution is -2.36. The molecule has 156 valence electrons. The molecule has 1 amide bonds. The van der Waals surface area contributed by atoms with E-state index >= 15 is 0 Å². The molecule has 1 fully saturated rings. The minimum Gasteiger partial charge on any atom is -0.324 e. The maximum Gasteiger partial charge on any atom is 0.238 e. The number of amides is 1. The fraction of sp³-hybridized carbons (Fsp3) is 0.333. The molecule has 1 aliphatic heterocycles. The van der Waals surface area contributed by atoms with Crippen LogP contribution in [0.15, 0.2) is 66.1 Å². The number of para-hydroxylation sites is 1. The third kappa shape index (κ3) is 6.74. The number of nitriles is 1. The molecule has 0 atom stereocenters. The number of thioether (sulfide) groups is 1. The molecular weight excluding hydrogens is 392 g/mol. The molecule has 0 aliphatic carbocycles. The fourth-order valence-electron chi connectivity index (χ4n) is 3.52. The molecule has 0 bridgehead atoms. The molecule has 0 aromatic heterocycles. The second-order valence-electron chi connectivity index (χ2n) is 7.36. The van der Waals surface area contributed by atoms with Crippen LogP contribution < -0.4 is 5.32 Å². The van der Waals surface area contributed by atoms with Crippen LogP contribution in [0, 0.1) is 11.3 Å². The van der Waals surface area contributed by atoms with E-state index in [4.69, 9.17) is 5.26 Å². The number of nitrogens with one attached hydrogen (secondary N) is 1. The Morgan fingerprint density at radius 1 is 1.10 bits per heavy atom. The van der Waals surface area contributed by atoms with Gasteiger partial charge in [0.2, 0.25) is 5.91 Å². The number of benzene rings is 2. The summed E-state index contributed by atoms with van der Waals surface area (Å²) < 4.78 is 0. The highest BCUT2D eigenvalue weighted by molar-refractivity contribution is 7.99. The van der Waals surface area contributed by atoms with Crippen LogP contribution in [0.3, 0.4) is 0 Å². The van der Waals surface area contributed by atoms with Crippen LogP contribution >= 0.6 is 11.8 Å². The quantitative estimate of drug-likeness (QED) is 0.517. The van der Waals surface area contributed by atoms with Crippen molar-refractivity contribution >= 4 is 23.4 Å². The van der Waals surface area contributed by atoms with Gasteiger partial charge in [0.05, 0.1) is 23.9 Å². The van der Waals surface area contributed by atoms with Gasteiger partial charge in [-0.05, 0) is 49.3 Å². The average molecular weight is 421 g/mol. The van der Waals surface area contributed by atoms with Gasteiger partial charge in [-0.2, -0.15) is 5.26 Å². The molecule has 0 unspecified atom stereocenters. The standard InChI is InChI=1S/C24H28N4OS/c1-2-16-30-23-7-4-3-6-22(23)26-24(29)19-28-13-5-12-27(14-15-28)18-21-10-8-20(17-25)9-11-21/h2-4,6-11H,1,5,12-16,18-19H2,(H,26,29). The minimum atomic E-state index is 0.0298. The Kier molecular flexibility index (Phi) is 8.52. The number of carbonyl (C=O) groups excluding carboxylic acids is 1. The highest BCUT2D eigenvalue weighted by Gasteiger charge is 2.18. The summed E-state index contributed by atoms with van der Waals surface area (Å²) in [5.74, 6) is 0.843. The number of hydrogen-bond acceptors (Lipinski definition) is 5. The van der Waals surface area contributed by atoms with Crippen molar-refractivity contribution in [1.82, 2.24) is 9.80 Å². The Morgan fingerprint density at radius 2 is 1.83 bits per heavy atom. The first-order valence-corrected chi connectivity index (χ1v) is 11.2. The molecule has 0 saturated carbocycles. The molecule has 30 heavy (non-hydrogen) atoms. The summed E-state index contributed by atoms with van der Waals surface area (Å²) >= 11 is 1.67. The zero-order chi connectivity index (χ0) is 21.2. The zero-order valence-electron chi connectivity index (χ0n) is 17.2. The zero-order valence-corrected chi connectivity index (χ0v) is 18.0. The lowest BCUT2D eigenvalue weighted by molar-refractivity contribution is -0.117. The van der Waals surface area contributed by atoms with E-state index in [-0.39, 0.29) is 5.91 Å². The van der Waals surface area contributed by atoms with E-state index in [0.29, 0.717) is 12.1 Å². The van der Waals surface area contributed by atoms with Crippen LogP contribution in [0.4, 0.5) is 5.69 Å². The number of carbonyl (C=O) groups is 1. The molecular formula is C24H28N4OS. The van der Waals surface area contributed by atoms with Gasteiger partial charge in [0.15, 0.2) is 0 Å². The van der Waals surface area contributed by atoms with E-state index in [2.05, 4.69) is 27.8 Å². The average Bonchev–Trinajstić information content (AvgIpc) is 2.98. The van der Waals surface area contributed by atoms with Crippen molar-refractivity contribution in [2.24, 2.45) is 0 Å². The first kappa shape index (κ1) is 22.1. The van der Waals surface area contributed by atoms with Crippen LogP contribution in [-0.2, 0) is 11.3 Å². The Bertz CT molecular complexity index is 891. The molecule has 2 aromatic rings. The summed E-state index contributed by atoms with van der Waals surface area (Å²) in [4.78, 5) is 18.3. The van der Waals surface area contributed by atoms with Gasteiger partial charge in [-0.25, -0.2) is 0 Å². The van der Waals surface area contributed by atoms with Crippen LogP contribution in [0.2, 0.25) is 0 Å². The monoisotopic (exact) mass is 420 g/mol. The van der Waals surface area contributed by atoms with Crippen molar-refractivity contribution < 1.29 is 4.79 Å². The van der Waals surface area contributed by atoms with Crippen molar-refractivity contribution in [2.75, 3.05) is 43.8 Å². The van der Waals surface area contributed by atoms with Crippen LogP contribution in [-0.4, -0.2) is 54.2 Å². The first-order chi connectivity index (χ1) is 14.7. The van der Waals surface area contributed by atoms with Crippen molar-refractivity contribution in [3.05, 3.63) is 72.3 Å².